The summed E-state index contributed by atoms with van der Waals surface area (Å²) in [7, 11) is 1.68. The van der Waals surface area contributed by atoms with Gasteiger partial charge in [0.15, 0.2) is 0 Å². The van der Waals surface area contributed by atoms with Gasteiger partial charge in [-0.15, -0.1) is 0 Å². The van der Waals surface area contributed by atoms with Crippen molar-refractivity contribution in [3.63, 3.8) is 0 Å². The van der Waals surface area contributed by atoms with E-state index in [2.05, 4.69) is 30.3 Å². The summed E-state index contributed by atoms with van der Waals surface area (Å²) in [6.45, 7) is 1.99. The Balaban J connectivity index is 2.32. The molecule has 0 aliphatic heterocycles. The van der Waals surface area contributed by atoms with Gasteiger partial charge in [-0.1, -0.05) is 36.4 Å². The van der Waals surface area contributed by atoms with Gasteiger partial charge in [-0.3, -0.25) is 0 Å². The molecule has 2 N–H and O–H groups in total. The van der Waals surface area contributed by atoms with Crippen LogP contribution in [0.25, 0.3) is 11.1 Å². The fourth-order valence-corrected chi connectivity index (χ4v) is 1.78. The molecule has 0 aromatic heterocycles. The molecule has 0 saturated heterocycles. The Morgan fingerprint density at radius 3 is 2.29 bits per heavy atom. The first-order valence-electron chi connectivity index (χ1n) is 5.70. The van der Waals surface area contributed by atoms with Gasteiger partial charge in [-0.05, 0) is 35.7 Å². The highest BCUT2D eigenvalue weighted by Crippen LogP contribution is 2.24. The minimum atomic E-state index is 0.0781. The molecule has 2 aromatic carbocycles. The number of methoxy groups -OCH3 is 1. The molecule has 0 heterocycles. The van der Waals surface area contributed by atoms with Gasteiger partial charge in [0.1, 0.15) is 5.75 Å². The van der Waals surface area contributed by atoms with Crippen molar-refractivity contribution in [1.82, 2.24) is 0 Å². The smallest absolute Gasteiger partial charge is 0.119 e. The van der Waals surface area contributed by atoms with Gasteiger partial charge in [-0.25, -0.2) is 0 Å². The number of ether oxygens (including phenoxy) is 1. The molecule has 88 valence electrons. The van der Waals surface area contributed by atoms with Crippen molar-refractivity contribution in [2.24, 2.45) is 5.73 Å². The molecule has 0 amide bonds. The van der Waals surface area contributed by atoms with E-state index in [1.54, 1.807) is 7.11 Å². The van der Waals surface area contributed by atoms with E-state index in [4.69, 9.17) is 10.5 Å². The third-order valence-corrected chi connectivity index (χ3v) is 2.84. The quantitative estimate of drug-likeness (QED) is 0.872. The SMILES string of the molecule is COc1cccc(-c2ccc([C@@H](C)N)cc2)c1. The van der Waals surface area contributed by atoms with Gasteiger partial charge >= 0.3 is 0 Å². The standard InChI is InChI=1S/C15H17NO/c1-11(16)12-6-8-13(9-7-12)14-4-3-5-15(10-14)17-2/h3-11H,16H2,1-2H3/t11-/m1/s1. The molecule has 0 unspecified atom stereocenters. The number of hydrogen-bond acceptors (Lipinski definition) is 2. The van der Waals surface area contributed by atoms with Crippen molar-refractivity contribution in [3.05, 3.63) is 54.1 Å². The molecule has 2 rings (SSSR count). The lowest BCUT2D eigenvalue weighted by atomic mass is 10.0. The summed E-state index contributed by atoms with van der Waals surface area (Å²) in [5.74, 6) is 0.874. The summed E-state index contributed by atoms with van der Waals surface area (Å²) >= 11 is 0. The molecular weight excluding hydrogens is 210 g/mol. The highest BCUT2D eigenvalue weighted by molar-refractivity contribution is 5.65. The van der Waals surface area contributed by atoms with Gasteiger partial charge in [0.2, 0.25) is 0 Å². The van der Waals surface area contributed by atoms with E-state index < -0.39 is 0 Å². The Kier molecular flexibility index (Phi) is 3.45. The first kappa shape index (κ1) is 11.7. The highest BCUT2D eigenvalue weighted by Gasteiger charge is 2.02. The Bertz CT molecular complexity index is 489. The average molecular weight is 227 g/mol. The van der Waals surface area contributed by atoms with Crippen molar-refractivity contribution in [2.75, 3.05) is 7.11 Å². The highest BCUT2D eigenvalue weighted by atomic mass is 16.5. The van der Waals surface area contributed by atoms with Gasteiger partial charge in [0, 0.05) is 6.04 Å². The molecule has 0 radical (unpaired) electrons. The lowest BCUT2D eigenvalue weighted by molar-refractivity contribution is 0.415. The number of rotatable bonds is 3. The van der Waals surface area contributed by atoms with E-state index >= 15 is 0 Å². The number of hydrogen-bond donors (Lipinski definition) is 1. The van der Waals surface area contributed by atoms with Crippen LogP contribution in [0.5, 0.6) is 5.75 Å². The largest absolute Gasteiger partial charge is 0.497 e. The maximum absolute atomic E-state index is 5.83. The molecular formula is C15H17NO. The van der Waals surface area contributed by atoms with Crippen molar-refractivity contribution < 1.29 is 4.74 Å². The van der Waals surface area contributed by atoms with Crippen LogP contribution in [0.1, 0.15) is 18.5 Å². The van der Waals surface area contributed by atoms with E-state index in [9.17, 15) is 0 Å². The van der Waals surface area contributed by atoms with Crippen LogP contribution in [0.4, 0.5) is 0 Å². The van der Waals surface area contributed by atoms with Crippen LogP contribution >= 0.6 is 0 Å². The normalized spacial score (nSPS) is 12.2. The summed E-state index contributed by atoms with van der Waals surface area (Å²) < 4.78 is 5.22. The van der Waals surface area contributed by atoms with Gasteiger partial charge in [0.25, 0.3) is 0 Å². The maximum atomic E-state index is 5.83. The monoisotopic (exact) mass is 227 g/mol. The Morgan fingerprint density at radius 1 is 1.00 bits per heavy atom. The fourth-order valence-electron chi connectivity index (χ4n) is 1.78. The summed E-state index contributed by atoms with van der Waals surface area (Å²) in [5.41, 5.74) is 9.31. The molecule has 0 bridgehead atoms. The van der Waals surface area contributed by atoms with Crippen LogP contribution in [0, 0.1) is 0 Å². The predicted molar refractivity (Wildman–Crippen MR) is 71.0 cm³/mol. The molecule has 0 spiro atoms. The van der Waals surface area contributed by atoms with Gasteiger partial charge < -0.3 is 10.5 Å². The van der Waals surface area contributed by atoms with E-state index in [0.717, 1.165) is 16.9 Å². The summed E-state index contributed by atoms with van der Waals surface area (Å²) in [6.07, 6.45) is 0. The molecule has 17 heavy (non-hydrogen) atoms. The fraction of sp³-hybridized carbons (Fsp3) is 0.200. The summed E-state index contributed by atoms with van der Waals surface area (Å²) in [4.78, 5) is 0. The molecule has 0 aliphatic carbocycles. The van der Waals surface area contributed by atoms with E-state index in [1.165, 1.54) is 5.56 Å². The van der Waals surface area contributed by atoms with Crippen molar-refractivity contribution >= 4 is 0 Å². The Labute approximate surface area is 102 Å². The van der Waals surface area contributed by atoms with Crippen LogP contribution in [0.3, 0.4) is 0 Å². The second kappa shape index (κ2) is 5.02. The van der Waals surface area contributed by atoms with Gasteiger partial charge in [-0.2, -0.15) is 0 Å². The number of benzene rings is 2. The van der Waals surface area contributed by atoms with Crippen LogP contribution in [-0.2, 0) is 0 Å². The minimum absolute atomic E-state index is 0.0781. The topological polar surface area (TPSA) is 35.2 Å². The molecule has 0 saturated carbocycles. The first-order valence-corrected chi connectivity index (χ1v) is 5.70. The zero-order chi connectivity index (χ0) is 12.3. The van der Waals surface area contributed by atoms with Crippen LogP contribution in [-0.4, -0.2) is 7.11 Å². The van der Waals surface area contributed by atoms with E-state index in [0.29, 0.717) is 0 Å². The van der Waals surface area contributed by atoms with E-state index in [1.807, 2.05) is 25.1 Å². The maximum Gasteiger partial charge on any atom is 0.119 e. The number of nitrogens with two attached hydrogens (primary N) is 1. The van der Waals surface area contributed by atoms with Crippen molar-refractivity contribution in [2.45, 2.75) is 13.0 Å². The molecule has 2 aromatic rings. The third-order valence-electron chi connectivity index (χ3n) is 2.84. The van der Waals surface area contributed by atoms with Crippen molar-refractivity contribution in [1.29, 1.82) is 0 Å². The minimum Gasteiger partial charge on any atom is -0.497 e. The second-order valence-corrected chi connectivity index (χ2v) is 4.14. The summed E-state index contributed by atoms with van der Waals surface area (Å²) in [6, 6.07) is 16.4. The molecule has 1 atom stereocenters. The van der Waals surface area contributed by atoms with E-state index in [-0.39, 0.29) is 6.04 Å². The van der Waals surface area contributed by atoms with Crippen molar-refractivity contribution in [3.8, 4) is 16.9 Å². The Morgan fingerprint density at radius 2 is 1.71 bits per heavy atom. The average Bonchev–Trinajstić information content (AvgIpc) is 2.39. The lowest BCUT2D eigenvalue weighted by Gasteiger charge is -2.08. The molecule has 0 aliphatic rings. The third kappa shape index (κ3) is 2.66. The Hall–Kier alpha value is -1.80. The molecule has 2 heteroatoms. The summed E-state index contributed by atoms with van der Waals surface area (Å²) in [5, 5.41) is 0. The first-order chi connectivity index (χ1) is 8.20. The lowest BCUT2D eigenvalue weighted by Crippen LogP contribution is -2.04. The zero-order valence-corrected chi connectivity index (χ0v) is 10.2. The second-order valence-electron chi connectivity index (χ2n) is 4.14. The van der Waals surface area contributed by atoms with Crippen LogP contribution < -0.4 is 10.5 Å². The predicted octanol–water partition coefficient (Wildman–Crippen LogP) is 3.38. The molecule has 0 fully saturated rings. The van der Waals surface area contributed by atoms with Crippen LogP contribution in [0.2, 0.25) is 0 Å². The van der Waals surface area contributed by atoms with Crippen LogP contribution in [0.15, 0.2) is 48.5 Å². The zero-order valence-electron chi connectivity index (χ0n) is 10.2. The van der Waals surface area contributed by atoms with Gasteiger partial charge in [0.05, 0.1) is 7.11 Å². The molecule has 2 nitrogen and oxygen atoms in total.